The van der Waals surface area contributed by atoms with Crippen LogP contribution in [-0.4, -0.2) is 65.3 Å². The Balaban J connectivity index is 1.23. The molecule has 2 fully saturated rings. The third kappa shape index (κ3) is 6.24. The van der Waals surface area contributed by atoms with Crippen LogP contribution in [0.5, 0.6) is 0 Å². The van der Waals surface area contributed by atoms with Crippen molar-refractivity contribution >= 4 is 27.3 Å². The molecule has 2 aliphatic rings. The summed E-state index contributed by atoms with van der Waals surface area (Å²) in [4.78, 5) is 13.2. The highest BCUT2D eigenvalue weighted by molar-refractivity contribution is 7.90. The lowest BCUT2D eigenvalue weighted by atomic mass is 10.1. The molecule has 4 aromatic rings. The van der Waals surface area contributed by atoms with Gasteiger partial charge in [-0.1, -0.05) is 11.8 Å². The summed E-state index contributed by atoms with van der Waals surface area (Å²) >= 11 is 0. The van der Waals surface area contributed by atoms with Crippen LogP contribution in [0.25, 0.3) is 11.4 Å². The first-order valence-electron chi connectivity index (χ1n) is 13.4. The van der Waals surface area contributed by atoms with Crippen LogP contribution < -0.4 is 10.6 Å². The number of aliphatic hydroxyl groups excluding tert-OH is 1. The van der Waals surface area contributed by atoms with Crippen molar-refractivity contribution in [1.82, 2.24) is 33.9 Å². The topological polar surface area (TPSA) is 153 Å². The minimum Gasteiger partial charge on any atom is -0.393 e. The molecule has 0 spiro atoms. The Hall–Kier alpha value is -4.42. The van der Waals surface area contributed by atoms with Gasteiger partial charge in [-0.05, 0) is 44.1 Å². The number of hydrogen-bond acceptors (Lipinski definition) is 10. The quantitative estimate of drug-likeness (QED) is 0.246. The van der Waals surface area contributed by atoms with Crippen LogP contribution >= 0.6 is 0 Å². The summed E-state index contributed by atoms with van der Waals surface area (Å²) in [5, 5.41) is 23.7. The van der Waals surface area contributed by atoms with E-state index in [1.165, 1.54) is 24.8 Å². The van der Waals surface area contributed by atoms with Crippen LogP contribution in [0.2, 0.25) is 0 Å². The number of aromatic nitrogens is 7. The Morgan fingerprint density at radius 3 is 2.64 bits per heavy atom. The second-order valence-electron chi connectivity index (χ2n) is 10.3. The largest absolute Gasteiger partial charge is 0.393 e. The Bertz CT molecular complexity index is 1760. The molecule has 2 saturated carbocycles. The van der Waals surface area contributed by atoms with Gasteiger partial charge in [0.2, 0.25) is 0 Å². The van der Waals surface area contributed by atoms with Crippen LogP contribution in [0.4, 0.5) is 26.1 Å². The maximum atomic E-state index is 12.9. The van der Waals surface area contributed by atoms with Gasteiger partial charge in [0.25, 0.3) is 10.0 Å². The minimum atomic E-state index is -3.51. The molecule has 0 saturated heterocycles. The van der Waals surface area contributed by atoms with Crippen molar-refractivity contribution in [3.8, 4) is 23.2 Å². The minimum absolute atomic E-state index is 0.294. The molecule has 0 aliphatic heterocycles. The smallest absolute Gasteiger partial charge is 0.333 e. The summed E-state index contributed by atoms with van der Waals surface area (Å²) in [5.41, 5.74) is 2.02. The fourth-order valence-electron chi connectivity index (χ4n) is 4.68. The Morgan fingerprint density at radius 2 is 1.90 bits per heavy atom. The molecule has 2 atom stereocenters. The van der Waals surface area contributed by atoms with Crippen LogP contribution in [0.3, 0.4) is 0 Å². The average molecular weight is 596 g/mol. The van der Waals surface area contributed by atoms with Gasteiger partial charge >= 0.3 is 6.55 Å². The molecular weight excluding hydrogens is 568 g/mol. The molecule has 4 heterocycles. The highest BCUT2D eigenvalue weighted by Gasteiger charge is 2.37. The number of rotatable bonds is 9. The van der Waals surface area contributed by atoms with Gasteiger partial charge in [0.15, 0.2) is 5.82 Å². The van der Waals surface area contributed by atoms with Crippen molar-refractivity contribution in [1.29, 1.82) is 0 Å². The number of hydrogen-bond donors (Lipinski definition) is 3. The normalized spacial score (nSPS) is 18.6. The van der Waals surface area contributed by atoms with Gasteiger partial charge in [-0.2, -0.15) is 23.1 Å². The van der Waals surface area contributed by atoms with Gasteiger partial charge in [-0.3, -0.25) is 0 Å². The van der Waals surface area contributed by atoms with Gasteiger partial charge in [-0.25, -0.2) is 28.1 Å². The molecule has 12 nitrogen and oxygen atoms in total. The lowest BCUT2D eigenvalue weighted by molar-refractivity contribution is 0.0566. The molecule has 218 valence electrons. The monoisotopic (exact) mass is 595 g/mol. The van der Waals surface area contributed by atoms with Crippen molar-refractivity contribution in [3.63, 3.8) is 0 Å². The molecule has 3 N–H and O–H groups in total. The molecule has 2 aliphatic carbocycles. The van der Waals surface area contributed by atoms with Crippen LogP contribution in [0.1, 0.15) is 49.8 Å². The number of anilines is 3. The number of halogens is 2. The molecular formula is C27H27F2N9O3S. The number of aliphatic hydroxyl groups is 1. The number of nitrogens with one attached hydrogen (secondary N) is 2. The standard InChI is InChI=1S/C27H27F2N9O3S/c28-27(29)37-15-18(12-33-37)1-3-19-13-32-25(10-23(19)31-11-17-2-4-21(39)9-17)35-24-7-8-30-26(36-24)20-14-34-38(16-20)42(40,41)22-5-6-22/h7-8,10,12-17,21-22,27,39H,2,4-6,9,11H2,(H2,30,31,32,35,36)/t17-,21+/m0/s1. The molecule has 0 amide bonds. The highest BCUT2D eigenvalue weighted by Crippen LogP contribution is 2.31. The van der Waals surface area contributed by atoms with Crippen LogP contribution in [-0.2, 0) is 10.0 Å². The van der Waals surface area contributed by atoms with E-state index in [1.807, 2.05) is 0 Å². The zero-order valence-corrected chi connectivity index (χ0v) is 23.0. The Labute approximate surface area is 240 Å². The number of nitrogens with zero attached hydrogens (tertiary/aromatic N) is 7. The van der Waals surface area contributed by atoms with Gasteiger partial charge in [0, 0.05) is 31.2 Å². The second-order valence-corrected chi connectivity index (χ2v) is 12.4. The molecule has 6 rings (SSSR count). The summed E-state index contributed by atoms with van der Waals surface area (Å²) in [6.07, 6.45) is 11.7. The Kier molecular flexibility index (Phi) is 7.56. The fraction of sp³-hybridized carbons (Fsp3) is 0.370. The first kappa shape index (κ1) is 27.7. The number of pyridine rings is 1. The fourth-order valence-corrected chi connectivity index (χ4v) is 6.16. The van der Waals surface area contributed by atoms with E-state index < -0.39 is 21.8 Å². The summed E-state index contributed by atoms with van der Waals surface area (Å²) in [7, 11) is -3.51. The van der Waals surface area contributed by atoms with E-state index >= 15 is 0 Å². The number of alkyl halides is 2. The highest BCUT2D eigenvalue weighted by atomic mass is 32.2. The van der Waals surface area contributed by atoms with Gasteiger partial charge < -0.3 is 15.7 Å². The van der Waals surface area contributed by atoms with E-state index in [2.05, 4.69) is 47.6 Å². The molecule has 0 radical (unpaired) electrons. The molecule has 0 bridgehead atoms. The molecule has 4 aromatic heterocycles. The zero-order chi connectivity index (χ0) is 29.3. The van der Waals surface area contributed by atoms with Crippen LogP contribution in [0, 0.1) is 17.8 Å². The predicted molar refractivity (Wildman–Crippen MR) is 149 cm³/mol. The van der Waals surface area contributed by atoms with E-state index in [9.17, 15) is 22.3 Å². The van der Waals surface area contributed by atoms with E-state index in [0.717, 1.165) is 16.9 Å². The zero-order valence-electron chi connectivity index (χ0n) is 22.2. The van der Waals surface area contributed by atoms with Crippen LogP contribution in [0.15, 0.2) is 49.3 Å². The van der Waals surface area contributed by atoms with E-state index in [1.54, 1.807) is 24.5 Å². The molecule has 15 heteroatoms. The van der Waals surface area contributed by atoms with Gasteiger partial charge in [0.05, 0.1) is 52.3 Å². The third-order valence-electron chi connectivity index (χ3n) is 7.08. The predicted octanol–water partition coefficient (Wildman–Crippen LogP) is 3.38. The van der Waals surface area contributed by atoms with Crippen molar-refractivity contribution in [2.75, 3.05) is 17.2 Å². The van der Waals surface area contributed by atoms with E-state index in [0.29, 0.717) is 76.2 Å². The summed E-state index contributed by atoms with van der Waals surface area (Å²) < 4.78 is 52.3. The first-order chi connectivity index (χ1) is 20.2. The van der Waals surface area contributed by atoms with Gasteiger partial charge in [0.1, 0.15) is 11.6 Å². The average Bonchev–Trinajstić information content (AvgIpc) is 3.33. The maximum Gasteiger partial charge on any atom is 0.333 e. The second kappa shape index (κ2) is 11.5. The SMILES string of the molecule is O=S(=O)(C1CC1)n1cc(-c2nccc(Nc3cc(NC[C@H]4CC[C@@H](O)C4)c(C#Cc4cnn(C(F)F)c4)cn3)n2)cn1. The lowest BCUT2D eigenvalue weighted by Gasteiger charge is -2.15. The third-order valence-corrected chi connectivity index (χ3v) is 9.11. The van der Waals surface area contributed by atoms with Crippen molar-refractivity contribution in [3.05, 3.63) is 60.4 Å². The molecule has 0 unspecified atom stereocenters. The van der Waals surface area contributed by atoms with Crippen molar-refractivity contribution < 1.29 is 22.3 Å². The molecule has 0 aromatic carbocycles. The summed E-state index contributed by atoms with van der Waals surface area (Å²) in [6, 6.07) is 3.41. The van der Waals surface area contributed by atoms with Crippen molar-refractivity contribution in [2.24, 2.45) is 5.92 Å². The van der Waals surface area contributed by atoms with E-state index in [4.69, 9.17) is 0 Å². The van der Waals surface area contributed by atoms with Crippen molar-refractivity contribution in [2.45, 2.75) is 50.0 Å². The summed E-state index contributed by atoms with van der Waals surface area (Å²) in [5.74, 6) is 7.30. The molecule has 42 heavy (non-hydrogen) atoms. The Morgan fingerprint density at radius 1 is 1.05 bits per heavy atom. The lowest BCUT2D eigenvalue weighted by Crippen LogP contribution is -2.17. The first-order valence-corrected chi connectivity index (χ1v) is 14.9. The summed E-state index contributed by atoms with van der Waals surface area (Å²) in [6.45, 7) is -2.13. The van der Waals surface area contributed by atoms with E-state index in [-0.39, 0.29) is 6.10 Å². The maximum absolute atomic E-state index is 12.9. The van der Waals surface area contributed by atoms with Gasteiger partial charge in [-0.15, -0.1) is 0 Å².